The average Bonchev–Trinajstić information content (AvgIpc) is 3.97. The lowest BCUT2D eigenvalue weighted by Crippen LogP contribution is -2.63. The van der Waals surface area contributed by atoms with Gasteiger partial charge >= 0.3 is 0 Å². The molecule has 1 amide bonds. The Morgan fingerprint density at radius 2 is 1.75 bits per heavy atom. The Hall–Kier alpha value is -5.82. The number of ether oxygens (including phenoxy) is 3. The van der Waals surface area contributed by atoms with Crippen LogP contribution < -0.4 is 24.4 Å². The summed E-state index contributed by atoms with van der Waals surface area (Å²) in [6.07, 6.45) is 9.09. The van der Waals surface area contributed by atoms with Crippen LogP contribution in [0.3, 0.4) is 0 Å². The van der Waals surface area contributed by atoms with E-state index in [9.17, 15) is 28.4 Å². The van der Waals surface area contributed by atoms with Gasteiger partial charge in [0, 0.05) is 76.0 Å². The molecule has 4 aliphatic rings. The molecule has 3 atom stereocenters. The lowest BCUT2D eigenvalue weighted by atomic mass is 9.70. The van der Waals surface area contributed by atoms with Crippen LogP contribution in [-0.4, -0.2) is 103 Å². The third-order valence-corrected chi connectivity index (χ3v) is 16.9. The molecule has 0 radical (unpaired) electrons. The zero-order valence-corrected chi connectivity index (χ0v) is 42.0. The van der Waals surface area contributed by atoms with Crippen LogP contribution in [-0.2, 0) is 14.8 Å². The number of aliphatic hydroxyl groups is 1. The number of benzene rings is 3. The van der Waals surface area contributed by atoms with Crippen LogP contribution in [0.1, 0.15) is 119 Å². The molecule has 4 heterocycles. The summed E-state index contributed by atoms with van der Waals surface area (Å²) in [5, 5.41) is 25.8. The number of nitrogens with zero attached hydrogens (tertiary/aromatic N) is 4. The van der Waals surface area contributed by atoms with Crippen molar-refractivity contribution in [2.45, 2.75) is 120 Å². The van der Waals surface area contributed by atoms with Gasteiger partial charge in [-0.15, -0.1) is 0 Å². The summed E-state index contributed by atoms with van der Waals surface area (Å²) in [7, 11) is -3.15. The van der Waals surface area contributed by atoms with Crippen LogP contribution in [0.25, 0.3) is 11.0 Å². The molecule has 2 saturated carbocycles. The number of hydrogen-bond acceptors (Lipinski definition) is 13. The zero-order chi connectivity index (χ0) is 50.2. The van der Waals surface area contributed by atoms with E-state index in [0.29, 0.717) is 37.3 Å². The Balaban J connectivity index is 0.951. The number of aromatic nitrogens is 2. The van der Waals surface area contributed by atoms with Crippen LogP contribution in [0.2, 0.25) is 0 Å². The minimum Gasteiger partial charge on any atom is -0.472 e. The molecular formula is C53H66FN7O9S. The number of sulfonamides is 1. The van der Waals surface area contributed by atoms with E-state index in [2.05, 4.69) is 67.9 Å². The number of pyridine rings is 1. The standard InChI is InChI=1S/C53H66FN7O9S/c1-33(2)38-9-6-7-10-39(38)40-11-8-12-45(40)60-31-53(32-60)21-23-59(24-22-53)36-13-15-41(47(25-36)70-48-27-42-43(54)29-56-49(42)57-51(48)69-30-34(3)68-5)50(62)58-71(66,67)37-14-16-44(46(26-37)61(64)65)55-28-35-17-19-52(4,63)20-18-35/h6-7,9-10,13-16,25-27,29,33-35,40,45,55,63H,8,11-12,17-24,28,30-32H2,1-5H3,(H,56,57)(H,58,62)/t34-,35-,40-,45?,52-/m0/s1. The number of carbonyl (C=O) groups excluding carboxylic acids is 1. The number of likely N-dealkylation sites (tertiary alicyclic amines) is 1. The van der Waals surface area contributed by atoms with E-state index in [4.69, 9.17) is 14.2 Å². The fourth-order valence-electron chi connectivity index (χ4n) is 11.2. The van der Waals surface area contributed by atoms with Gasteiger partial charge in [-0.3, -0.25) is 19.8 Å². The lowest BCUT2D eigenvalue weighted by Gasteiger charge is -2.57. The number of carbonyl (C=O) groups is 1. The van der Waals surface area contributed by atoms with Crippen molar-refractivity contribution in [1.82, 2.24) is 19.6 Å². The maximum atomic E-state index is 15.1. The number of H-pyrrole nitrogens is 1. The molecule has 5 aromatic rings. The number of hydrogen-bond donors (Lipinski definition) is 4. The molecule has 4 N–H and O–H groups in total. The summed E-state index contributed by atoms with van der Waals surface area (Å²) in [4.78, 5) is 37.6. The van der Waals surface area contributed by atoms with Gasteiger partial charge in [-0.2, -0.15) is 4.98 Å². The topological polar surface area (TPSA) is 201 Å². The molecule has 18 heteroatoms. The number of nitro groups is 1. The number of halogens is 1. The number of rotatable bonds is 17. The van der Waals surface area contributed by atoms with Gasteiger partial charge in [-0.1, -0.05) is 44.5 Å². The molecule has 71 heavy (non-hydrogen) atoms. The van der Waals surface area contributed by atoms with E-state index in [1.54, 1.807) is 26.0 Å². The minimum atomic E-state index is -4.69. The predicted molar refractivity (Wildman–Crippen MR) is 270 cm³/mol. The van der Waals surface area contributed by atoms with Crippen molar-refractivity contribution in [1.29, 1.82) is 0 Å². The summed E-state index contributed by atoms with van der Waals surface area (Å²) in [6, 6.07) is 19.2. The summed E-state index contributed by atoms with van der Waals surface area (Å²) >= 11 is 0. The van der Waals surface area contributed by atoms with E-state index < -0.39 is 42.9 Å². The number of methoxy groups -OCH3 is 1. The van der Waals surface area contributed by atoms with Gasteiger partial charge in [-0.25, -0.2) is 17.5 Å². The first-order chi connectivity index (χ1) is 33.9. The monoisotopic (exact) mass is 995 g/mol. The smallest absolute Gasteiger partial charge is 0.293 e. The first kappa shape index (κ1) is 50.1. The average molecular weight is 996 g/mol. The molecule has 9 rings (SSSR count). The molecule has 0 bridgehead atoms. The SMILES string of the molecule is CO[C@@H](C)COc1nc2[nH]cc(F)c2cc1Oc1cc(N2CCC3(CC2)CN(C2CCC[C@H]2c2ccccc2C(C)C)C3)ccc1C(=O)NS(=O)(=O)c1ccc(NC[C@H]2CC[C@](C)(O)CC2)c([N+](=O)[O-])c1. The molecule has 380 valence electrons. The van der Waals surface area contributed by atoms with Gasteiger partial charge in [0.2, 0.25) is 0 Å². The Morgan fingerprint density at radius 3 is 2.46 bits per heavy atom. The molecule has 2 aliphatic heterocycles. The third kappa shape index (κ3) is 10.9. The normalized spacial score (nSPS) is 22.9. The Labute approximate surface area is 414 Å². The highest BCUT2D eigenvalue weighted by atomic mass is 32.2. The molecule has 16 nitrogen and oxygen atoms in total. The Kier molecular flexibility index (Phi) is 14.4. The van der Waals surface area contributed by atoms with Crippen molar-refractivity contribution in [3.8, 4) is 17.4 Å². The second kappa shape index (κ2) is 20.4. The number of piperidine rings is 1. The molecule has 4 fully saturated rings. The summed E-state index contributed by atoms with van der Waals surface area (Å²) < 4.78 is 62.9. The van der Waals surface area contributed by atoms with Gasteiger partial charge < -0.3 is 34.5 Å². The van der Waals surface area contributed by atoms with Crippen molar-refractivity contribution in [2.24, 2.45) is 11.3 Å². The summed E-state index contributed by atoms with van der Waals surface area (Å²) in [5.41, 5.74) is 2.84. The first-order valence-electron chi connectivity index (χ1n) is 25.0. The number of nitro benzene ring substituents is 1. The van der Waals surface area contributed by atoms with Crippen molar-refractivity contribution >= 4 is 44.0 Å². The number of aromatic amines is 1. The van der Waals surface area contributed by atoms with Gasteiger partial charge in [-0.05, 0) is 124 Å². The fourth-order valence-corrected chi connectivity index (χ4v) is 12.2. The van der Waals surface area contributed by atoms with E-state index >= 15 is 4.39 Å². The minimum absolute atomic E-state index is 0.0179. The molecule has 2 aromatic heterocycles. The van der Waals surface area contributed by atoms with Crippen molar-refractivity contribution in [3.05, 3.63) is 106 Å². The highest BCUT2D eigenvalue weighted by Crippen LogP contribution is 2.49. The van der Waals surface area contributed by atoms with Crippen molar-refractivity contribution < 1.29 is 41.8 Å². The van der Waals surface area contributed by atoms with Crippen molar-refractivity contribution in [3.63, 3.8) is 0 Å². The number of anilines is 2. The molecule has 1 spiro atoms. The Morgan fingerprint density at radius 1 is 1.00 bits per heavy atom. The van der Waals surface area contributed by atoms with Gasteiger partial charge in [0.05, 0.1) is 32.5 Å². The van der Waals surface area contributed by atoms with Crippen LogP contribution in [0.4, 0.5) is 21.5 Å². The van der Waals surface area contributed by atoms with Crippen molar-refractivity contribution in [2.75, 3.05) is 56.7 Å². The Bertz CT molecular complexity index is 2870. The molecule has 1 unspecified atom stereocenters. The highest BCUT2D eigenvalue weighted by Gasteiger charge is 2.49. The maximum absolute atomic E-state index is 15.1. The number of fused-ring (bicyclic) bond motifs is 1. The second-order valence-corrected chi connectivity index (χ2v) is 22.6. The fraction of sp³-hybridized carbons (Fsp3) is 0.509. The van der Waals surface area contributed by atoms with Gasteiger partial charge in [0.25, 0.3) is 27.5 Å². The van der Waals surface area contributed by atoms with Crippen LogP contribution in [0, 0.1) is 27.3 Å². The first-order valence-corrected chi connectivity index (χ1v) is 26.4. The van der Waals surface area contributed by atoms with Gasteiger partial charge in [0.15, 0.2) is 5.75 Å². The molecule has 3 aromatic carbocycles. The lowest BCUT2D eigenvalue weighted by molar-refractivity contribution is -0.384. The maximum Gasteiger partial charge on any atom is 0.293 e. The van der Waals surface area contributed by atoms with Crippen LogP contribution in [0.15, 0.2) is 77.8 Å². The second-order valence-electron chi connectivity index (χ2n) is 20.9. The molecule has 2 aliphatic carbocycles. The van der Waals surface area contributed by atoms with Gasteiger partial charge in [0.1, 0.15) is 29.5 Å². The molecular weight excluding hydrogens is 930 g/mol. The van der Waals surface area contributed by atoms with Crippen LogP contribution >= 0.6 is 0 Å². The highest BCUT2D eigenvalue weighted by molar-refractivity contribution is 7.90. The van der Waals surface area contributed by atoms with E-state index in [-0.39, 0.29) is 63.7 Å². The van der Waals surface area contributed by atoms with E-state index in [1.165, 1.54) is 61.8 Å². The van der Waals surface area contributed by atoms with Crippen LogP contribution in [0.5, 0.6) is 17.4 Å². The predicted octanol–water partition coefficient (Wildman–Crippen LogP) is 9.65. The third-order valence-electron chi connectivity index (χ3n) is 15.5. The van der Waals surface area contributed by atoms with E-state index in [1.807, 2.05) is 0 Å². The van der Waals surface area contributed by atoms with E-state index in [0.717, 1.165) is 69.8 Å². The zero-order valence-electron chi connectivity index (χ0n) is 41.2. The quantitative estimate of drug-likeness (QED) is 0.0507. The molecule has 2 saturated heterocycles. The summed E-state index contributed by atoms with van der Waals surface area (Å²) in [5.74, 6) is -0.564. The number of nitrogens with one attached hydrogen (secondary N) is 3. The number of amides is 1. The summed E-state index contributed by atoms with van der Waals surface area (Å²) in [6.45, 7) is 12.2. The largest absolute Gasteiger partial charge is 0.472 e.